The Morgan fingerprint density at radius 1 is 1.42 bits per heavy atom. The van der Waals surface area contributed by atoms with Crippen LogP contribution < -0.4 is 9.47 Å². The molecule has 0 aliphatic carbocycles. The maximum absolute atomic E-state index is 12.8. The molecule has 5 nitrogen and oxygen atoms in total. The van der Waals surface area contributed by atoms with Crippen molar-refractivity contribution in [3.63, 3.8) is 0 Å². The first-order valence-electron chi connectivity index (χ1n) is 4.56. The lowest BCUT2D eigenvalue weighted by Crippen LogP contribution is -2.33. The molecule has 19 heavy (non-hydrogen) atoms. The fourth-order valence-electron chi connectivity index (χ4n) is 1.09. The first kappa shape index (κ1) is 15.3. The number of hydrogen-bond donors (Lipinski definition) is 0. The highest BCUT2D eigenvalue weighted by Crippen LogP contribution is 2.42. The summed E-state index contributed by atoms with van der Waals surface area (Å²) in [5, 5.41) is 10.0. The Morgan fingerprint density at radius 2 is 2.00 bits per heavy atom. The molecule has 1 rings (SSSR count). The van der Waals surface area contributed by atoms with E-state index in [0.717, 1.165) is 19.2 Å². The van der Waals surface area contributed by atoms with Crippen LogP contribution in [0.5, 0.6) is 11.5 Å². The minimum atomic E-state index is -4.90. The molecule has 0 amide bonds. The van der Waals surface area contributed by atoms with Crippen molar-refractivity contribution in [1.29, 1.82) is 0 Å². The van der Waals surface area contributed by atoms with E-state index in [0.29, 0.717) is 0 Å². The molecule has 0 spiro atoms. The number of nitro groups is 1. The Morgan fingerprint density at radius 3 is 2.42 bits per heavy atom. The summed E-state index contributed by atoms with van der Waals surface area (Å²) in [4.78, 5) is 9.57. The third-order valence-electron chi connectivity index (χ3n) is 1.92. The summed E-state index contributed by atoms with van der Waals surface area (Å²) in [6, 6.07) is 1.65. The molecule has 0 aromatic heterocycles. The van der Waals surface area contributed by atoms with Gasteiger partial charge in [0.05, 0.1) is 23.1 Å². The van der Waals surface area contributed by atoms with E-state index in [4.69, 9.17) is 11.6 Å². The number of methoxy groups -OCH3 is 1. The Bertz CT molecular complexity index is 497. The van der Waals surface area contributed by atoms with E-state index < -0.39 is 33.9 Å². The number of nitro benzene ring substituents is 1. The van der Waals surface area contributed by atoms with Crippen molar-refractivity contribution in [3.8, 4) is 11.5 Å². The number of alkyl halides is 4. The third-order valence-corrected chi connectivity index (χ3v) is 2.20. The SMILES string of the molecule is COc1cc(Cl)c(OC(F)(F)C(F)F)c([N+](=O)[O-])c1. The summed E-state index contributed by atoms with van der Waals surface area (Å²) in [6.45, 7) is 0. The molecule has 0 saturated heterocycles. The second-order valence-electron chi connectivity index (χ2n) is 3.18. The van der Waals surface area contributed by atoms with E-state index in [1.54, 1.807) is 0 Å². The van der Waals surface area contributed by atoms with Crippen molar-refractivity contribution < 1.29 is 32.0 Å². The predicted octanol–water partition coefficient (Wildman–Crippen LogP) is 3.49. The maximum atomic E-state index is 12.8. The molecule has 0 heterocycles. The molecule has 0 bridgehead atoms. The van der Waals surface area contributed by atoms with Gasteiger partial charge in [-0.05, 0) is 0 Å². The molecule has 0 unspecified atom stereocenters. The normalized spacial score (nSPS) is 11.5. The zero-order valence-corrected chi connectivity index (χ0v) is 9.96. The maximum Gasteiger partial charge on any atom is 0.461 e. The topological polar surface area (TPSA) is 61.6 Å². The highest BCUT2D eigenvalue weighted by Gasteiger charge is 2.46. The van der Waals surface area contributed by atoms with Crippen LogP contribution >= 0.6 is 11.6 Å². The quantitative estimate of drug-likeness (QED) is 0.474. The van der Waals surface area contributed by atoms with Crippen molar-refractivity contribution in [2.45, 2.75) is 12.5 Å². The monoisotopic (exact) mass is 303 g/mol. The molecule has 10 heteroatoms. The Balaban J connectivity index is 3.30. The molecule has 0 aliphatic heterocycles. The number of nitrogens with zero attached hydrogens (tertiary/aromatic N) is 1. The highest BCUT2D eigenvalue weighted by molar-refractivity contribution is 6.32. The van der Waals surface area contributed by atoms with Gasteiger partial charge in [0.2, 0.25) is 5.75 Å². The van der Waals surface area contributed by atoms with Crippen LogP contribution in [0.3, 0.4) is 0 Å². The smallest absolute Gasteiger partial charge is 0.461 e. The van der Waals surface area contributed by atoms with Crippen LogP contribution in [0.4, 0.5) is 23.2 Å². The van der Waals surface area contributed by atoms with Crippen molar-refractivity contribution >= 4 is 17.3 Å². The van der Waals surface area contributed by atoms with Gasteiger partial charge in [0.15, 0.2) is 0 Å². The summed E-state index contributed by atoms with van der Waals surface area (Å²) in [5.74, 6) is -1.26. The first-order valence-corrected chi connectivity index (χ1v) is 4.93. The second kappa shape index (κ2) is 5.47. The summed E-state index contributed by atoms with van der Waals surface area (Å²) in [6.07, 6.45) is -9.06. The average molecular weight is 304 g/mol. The van der Waals surface area contributed by atoms with E-state index in [-0.39, 0.29) is 5.75 Å². The zero-order valence-electron chi connectivity index (χ0n) is 9.20. The van der Waals surface area contributed by atoms with Crippen LogP contribution in [0.1, 0.15) is 0 Å². The van der Waals surface area contributed by atoms with Gasteiger partial charge >= 0.3 is 18.2 Å². The average Bonchev–Trinajstić information content (AvgIpc) is 2.30. The van der Waals surface area contributed by atoms with Gasteiger partial charge in [-0.1, -0.05) is 11.6 Å². The van der Waals surface area contributed by atoms with Crippen LogP contribution in [-0.2, 0) is 0 Å². The molecule has 0 radical (unpaired) electrons. The lowest BCUT2D eigenvalue weighted by atomic mass is 10.2. The van der Waals surface area contributed by atoms with Crippen LogP contribution in [-0.4, -0.2) is 24.6 Å². The van der Waals surface area contributed by atoms with Gasteiger partial charge in [-0.15, -0.1) is 0 Å². The van der Waals surface area contributed by atoms with E-state index >= 15 is 0 Å². The molecule has 0 aliphatic rings. The number of rotatable bonds is 5. The van der Waals surface area contributed by atoms with E-state index in [9.17, 15) is 27.7 Å². The van der Waals surface area contributed by atoms with E-state index in [1.165, 1.54) is 0 Å². The fourth-order valence-corrected chi connectivity index (χ4v) is 1.33. The minimum absolute atomic E-state index is 0.107. The zero-order chi connectivity index (χ0) is 14.8. The molecule has 0 fully saturated rings. The molecule has 106 valence electrons. The third kappa shape index (κ3) is 3.37. The Labute approximate surface area is 108 Å². The van der Waals surface area contributed by atoms with Crippen LogP contribution in [0.15, 0.2) is 12.1 Å². The van der Waals surface area contributed by atoms with Gasteiger partial charge in [-0.3, -0.25) is 10.1 Å². The number of hydrogen-bond acceptors (Lipinski definition) is 4. The summed E-state index contributed by atoms with van der Waals surface area (Å²) in [5.41, 5.74) is -1.01. The van der Waals surface area contributed by atoms with Gasteiger partial charge in [0, 0.05) is 6.07 Å². The largest absolute Gasteiger partial charge is 0.496 e. The summed E-state index contributed by atoms with van der Waals surface area (Å²) >= 11 is 5.48. The molecule has 0 atom stereocenters. The first-order chi connectivity index (χ1) is 8.69. The predicted molar refractivity (Wildman–Crippen MR) is 56.2 cm³/mol. The molecule has 0 saturated carbocycles. The van der Waals surface area contributed by atoms with Crippen molar-refractivity contribution in [1.82, 2.24) is 0 Å². The van der Waals surface area contributed by atoms with E-state index in [2.05, 4.69) is 9.47 Å². The Kier molecular flexibility index (Phi) is 4.40. The standard InChI is InChI=1S/C9H6ClF4NO4/c1-18-4-2-5(10)7(6(3-4)15(16)17)19-9(13,14)8(11)12/h2-3,8H,1H3. The van der Waals surface area contributed by atoms with Gasteiger partial charge < -0.3 is 9.47 Å². The van der Waals surface area contributed by atoms with Gasteiger partial charge in [0.25, 0.3) is 0 Å². The van der Waals surface area contributed by atoms with Crippen LogP contribution in [0.2, 0.25) is 5.02 Å². The van der Waals surface area contributed by atoms with E-state index in [1.807, 2.05) is 0 Å². The van der Waals surface area contributed by atoms with Gasteiger partial charge in [-0.2, -0.15) is 17.6 Å². The molecule has 1 aromatic carbocycles. The van der Waals surface area contributed by atoms with Gasteiger partial charge in [-0.25, -0.2) is 0 Å². The van der Waals surface area contributed by atoms with Crippen LogP contribution in [0, 0.1) is 10.1 Å². The van der Waals surface area contributed by atoms with Crippen molar-refractivity contribution in [2.24, 2.45) is 0 Å². The van der Waals surface area contributed by atoms with Crippen molar-refractivity contribution in [2.75, 3.05) is 7.11 Å². The lowest BCUT2D eigenvalue weighted by Gasteiger charge is -2.17. The number of benzene rings is 1. The molecular formula is C9H6ClF4NO4. The van der Waals surface area contributed by atoms with Gasteiger partial charge in [0.1, 0.15) is 5.75 Å². The number of ether oxygens (including phenoxy) is 2. The molecular weight excluding hydrogens is 298 g/mol. The minimum Gasteiger partial charge on any atom is -0.496 e. The fraction of sp³-hybridized carbons (Fsp3) is 0.333. The Hall–Kier alpha value is -1.77. The number of halogens is 5. The lowest BCUT2D eigenvalue weighted by molar-refractivity contribution is -0.387. The summed E-state index contributed by atoms with van der Waals surface area (Å²) in [7, 11) is 1.16. The summed E-state index contributed by atoms with van der Waals surface area (Å²) < 4.78 is 57.8. The second-order valence-corrected chi connectivity index (χ2v) is 3.59. The highest BCUT2D eigenvalue weighted by atomic mass is 35.5. The molecule has 0 N–H and O–H groups in total. The molecule has 1 aromatic rings. The van der Waals surface area contributed by atoms with Crippen molar-refractivity contribution in [3.05, 3.63) is 27.3 Å². The van der Waals surface area contributed by atoms with Crippen LogP contribution in [0.25, 0.3) is 0 Å².